The summed E-state index contributed by atoms with van der Waals surface area (Å²) in [6, 6.07) is 12.2. The van der Waals surface area contributed by atoms with Crippen LogP contribution in [0.15, 0.2) is 42.5 Å². The number of nitrogens with one attached hydrogen (secondary N) is 1. The number of Topliss-reactive ketones (excluding diaryl/α,β-unsaturated/α-hetero) is 1. The summed E-state index contributed by atoms with van der Waals surface area (Å²) in [5, 5.41) is 2.88. The molecule has 1 aliphatic rings. The molecule has 1 unspecified atom stereocenters. The largest absolute Gasteiger partial charge is 0.484 e. The first-order valence-electron chi connectivity index (χ1n) is 8.51. The zero-order valence-electron chi connectivity index (χ0n) is 14.8. The maximum atomic E-state index is 12.1. The monoisotopic (exact) mass is 355 g/mol. The van der Waals surface area contributed by atoms with E-state index in [-0.39, 0.29) is 31.1 Å². The molecule has 3 rings (SSSR count). The summed E-state index contributed by atoms with van der Waals surface area (Å²) in [6.45, 7) is 3.82. The van der Waals surface area contributed by atoms with Gasteiger partial charge in [-0.25, -0.2) is 0 Å². The number of amides is 1. The van der Waals surface area contributed by atoms with Crippen molar-refractivity contribution in [3.63, 3.8) is 0 Å². The van der Waals surface area contributed by atoms with Crippen molar-refractivity contribution in [1.82, 2.24) is 5.32 Å². The quantitative estimate of drug-likeness (QED) is 0.772. The molecule has 6 heteroatoms. The van der Waals surface area contributed by atoms with Gasteiger partial charge in [-0.1, -0.05) is 13.0 Å². The molecular weight excluding hydrogens is 334 g/mol. The molecule has 0 aromatic heterocycles. The fourth-order valence-electron chi connectivity index (χ4n) is 2.64. The first-order chi connectivity index (χ1) is 12.6. The number of ketones is 1. The highest BCUT2D eigenvalue weighted by molar-refractivity contribution is 5.95. The topological polar surface area (TPSA) is 73.9 Å². The Balaban J connectivity index is 1.51. The van der Waals surface area contributed by atoms with Gasteiger partial charge in [0, 0.05) is 12.0 Å². The van der Waals surface area contributed by atoms with Crippen molar-refractivity contribution in [1.29, 1.82) is 0 Å². The van der Waals surface area contributed by atoms with Crippen LogP contribution in [-0.2, 0) is 4.79 Å². The van der Waals surface area contributed by atoms with Crippen molar-refractivity contribution in [3.8, 4) is 17.2 Å². The molecule has 0 radical (unpaired) electrons. The van der Waals surface area contributed by atoms with E-state index in [0.717, 1.165) is 5.56 Å². The van der Waals surface area contributed by atoms with Crippen molar-refractivity contribution in [2.75, 3.05) is 13.4 Å². The second-order valence-electron chi connectivity index (χ2n) is 5.99. The summed E-state index contributed by atoms with van der Waals surface area (Å²) >= 11 is 0. The number of benzene rings is 2. The normalized spacial score (nSPS) is 13.2. The Hall–Kier alpha value is -3.02. The highest BCUT2D eigenvalue weighted by atomic mass is 16.7. The summed E-state index contributed by atoms with van der Waals surface area (Å²) in [7, 11) is 0. The highest BCUT2D eigenvalue weighted by Crippen LogP contribution is 2.34. The molecule has 0 saturated carbocycles. The highest BCUT2D eigenvalue weighted by Gasteiger charge is 2.17. The molecule has 1 aliphatic heterocycles. The zero-order valence-corrected chi connectivity index (χ0v) is 14.8. The maximum Gasteiger partial charge on any atom is 0.258 e. The molecule has 1 amide bonds. The molecule has 6 nitrogen and oxygen atoms in total. The molecule has 136 valence electrons. The van der Waals surface area contributed by atoms with E-state index in [2.05, 4.69) is 5.32 Å². The Kier molecular flexibility index (Phi) is 5.41. The van der Waals surface area contributed by atoms with Crippen molar-refractivity contribution in [2.45, 2.75) is 26.3 Å². The van der Waals surface area contributed by atoms with Crippen LogP contribution in [0.1, 0.15) is 42.2 Å². The van der Waals surface area contributed by atoms with Gasteiger partial charge in [-0.15, -0.1) is 0 Å². The van der Waals surface area contributed by atoms with Gasteiger partial charge in [0.15, 0.2) is 23.9 Å². The van der Waals surface area contributed by atoms with E-state index in [1.54, 1.807) is 24.3 Å². The SMILES string of the molecule is CCC(=O)c1ccc(OCC(=O)NC(C)c2ccc3c(c2)OCO3)cc1. The minimum absolute atomic E-state index is 0.0758. The van der Waals surface area contributed by atoms with E-state index in [1.807, 2.05) is 32.0 Å². The number of hydrogen-bond donors (Lipinski definition) is 1. The van der Waals surface area contributed by atoms with Crippen LogP contribution in [0.25, 0.3) is 0 Å². The number of rotatable bonds is 7. The molecule has 1 atom stereocenters. The molecule has 2 aromatic carbocycles. The molecule has 0 bridgehead atoms. The Morgan fingerprint density at radius 3 is 2.58 bits per heavy atom. The third kappa shape index (κ3) is 4.14. The average Bonchev–Trinajstić information content (AvgIpc) is 3.14. The van der Waals surface area contributed by atoms with E-state index < -0.39 is 0 Å². The van der Waals surface area contributed by atoms with Gasteiger partial charge in [0.1, 0.15) is 5.75 Å². The number of ether oxygens (including phenoxy) is 3. The maximum absolute atomic E-state index is 12.1. The van der Waals surface area contributed by atoms with Gasteiger partial charge in [-0.3, -0.25) is 9.59 Å². The summed E-state index contributed by atoms with van der Waals surface area (Å²) < 4.78 is 16.1. The predicted octanol–water partition coefficient (Wildman–Crippen LogP) is 3.26. The molecular formula is C20H21NO5. The van der Waals surface area contributed by atoms with Crippen LogP contribution in [0.4, 0.5) is 0 Å². The molecule has 0 saturated heterocycles. The first-order valence-corrected chi connectivity index (χ1v) is 8.51. The van der Waals surface area contributed by atoms with Crippen LogP contribution in [0.5, 0.6) is 17.2 Å². The lowest BCUT2D eigenvalue weighted by molar-refractivity contribution is -0.123. The van der Waals surface area contributed by atoms with Crippen LogP contribution in [-0.4, -0.2) is 25.1 Å². The van der Waals surface area contributed by atoms with Crippen molar-refractivity contribution >= 4 is 11.7 Å². The molecule has 1 heterocycles. The minimum atomic E-state index is -0.233. The van der Waals surface area contributed by atoms with E-state index in [0.29, 0.717) is 29.2 Å². The van der Waals surface area contributed by atoms with Crippen LogP contribution in [0.3, 0.4) is 0 Å². The molecule has 0 aliphatic carbocycles. The van der Waals surface area contributed by atoms with Gasteiger partial charge >= 0.3 is 0 Å². The fourth-order valence-corrected chi connectivity index (χ4v) is 2.64. The lowest BCUT2D eigenvalue weighted by Gasteiger charge is -2.15. The molecule has 0 spiro atoms. The van der Waals surface area contributed by atoms with Crippen molar-refractivity contribution in [3.05, 3.63) is 53.6 Å². The third-order valence-electron chi connectivity index (χ3n) is 4.14. The lowest BCUT2D eigenvalue weighted by Crippen LogP contribution is -2.31. The number of carbonyl (C=O) groups excluding carboxylic acids is 2. The lowest BCUT2D eigenvalue weighted by atomic mass is 10.1. The smallest absolute Gasteiger partial charge is 0.258 e. The van der Waals surface area contributed by atoms with Crippen molar-refractivity contribution in [2.24, 2.45) is 0 Å². The Morgan fingerprint density at radius 2 is 1.85 bits per heavy atom. The van der Waals surface area contributed by atoms with E-state index in [1.165, 1.54) is 0 Å². The van der Waals surface area contributed by atoms with Gasteiger partial charge in [-0.2, -0.15) is 0 Å². The number of carbonyl (C=O) groups is 2. The van der Waals surface area contributed by atoms with Crippen LogP contribution >= 0.6 is 0 Å². The minimum Gasteiger partial charge on any atom is -0.484 e. The number of fused-ring (bicyclic) bond motifs is 1. The molecule has 0 fully saturated rings. The van der Waals surface area contributed by atoms with Gasteiger partial charge < -0.3 is 19.5 Å². The van der Waals surface area contributed by atoms with Gasteiger partial charge in [0.05, 0.1) is 6.04 Å². The van der Waals surface area contributed by atoms with Crippen LogP contribution < -0.4 is 19.5 Å². The Morgan fingerprint density at radius 1 is 1.12 bits per heavy atom. The van der Waals surface area contributed by atoms with E-state index in [9.17, 15) is 9.59 Å². The zero-order chi connectivity index (χ0) is 18.5. The van der Waals surface area contributed by atoms with Crippen molar-refractivity contribution < 1.29 is 23.8 Å². The Bertz CT molecular complexity index is 800. The second-order valence-corrected chi connectivity index (χ2v) is 5.99. The summed E-state index contributed by atoms with van der Waals surface area (Å²) in [4.78, 5) is 23.7. The van der Waals surface area contributed by atoms with Gasteiger partial charge in [0.2, 0.25) is 6.79 Å². The summed E-state index contributed by atoms with van der Waals surface area (Å²) in [6.07, 6.45) is 0.459. The third-order valence-corrected chi connectivity index (χ3v) is 4.14. The first kappa shape index (κ1) is 17.8. The molecule has 2 aromatic rings. The average molecular weight is 355 g/mol. The van der Waals surface area contributed by atoms with E-state index in [4.69, 9.17) is 14.2 Å². The van der Waals surface area contributed by atoms with Gasteiger partial charge in [0.25, 0.3) is 5.91 Å². The predicted molar refractivity (Wildman–Crippen MR) is 95.7 cm³/mol. The van der Waals surface area contributed by atoms with Crippen LogP contribution in [0.2, 0.25) is 0 Å². The second kappa shape index (κ2) is 7.91. The van der Waals surface area contributed by atoms with E-state index >= 15 is 0 Å². The summed E-state index contributed by atoms with van der Waals surface area (Å²) in [5.74, 6) is 1.78. The van der Waals surface area contributed by atoms with Crippen LogP contribution in [0, 0.1) is 0 Å². The Labute approximate surface area is 152 Å². The fraction of sp³-hybridized carbons (Fsp3) is 0.300. The standard InChI is InChI=1S/C20H21NO5/c1-3-17(22)14-4-7-16(8-5-14)24-11-20(23)21-13(2)15-6-9-18-19(10-15)26-12-25-18/h4-10,13H,3,11-12H2,1-2H3,(H,21,23). The number of hydrogen-bond acceptors (Lipinski definition) is 5. The molecule has 26 heavy (non-hydrogen) atoms. The van der Waals surface area contributed by atoms with Gasteiger partial charge in [-0.05, 0) is 48.9 Å². The molecule has 1 N–H and O–H groups in total. The summed E-state index contributed by atoms with van der Waals surface area (Å²) in [5.41, 5.74) is 1.56.